The van der Waals surface area contributed by atoms with Crippen LogP contribution in [0.2, 0.25) is 0 Å². The number of nitrogens with zero attached hydrogens (tertiary/aromatic N) is 6. The summed E-state index contributed by atoms with van der Waals surface area (Å²) in [6, 6.07) is 9.09. The molecular formula is C24H27N7O3S. The van der Waals surface area contributed by atoms with E-state index in [1.807, 2.05) is 18.2 Å². The molecule has 0 amide bonds. The molecule has 182 valence electrons. The first-order valence-corrected chi connectivity index (χ1v) is 13.3. The highest BCUT2D eigenvalue weighted by molar-refractivity contribution is 7.89. The molecule has 4 aliphatic rings. The standard InChI is InChI=1S/C24H27N7O3S/c1-23(2)12-18-21(19(32)13-23)24(17-14-25-28-22(17)27-18)8-10-30(11-9-24)35(33,34)20-15-26-29-31(20)16-6-4-3-5-7-16/h3-7,15,27H,8-14H2,1-2H3. The van der Waals surface area contributed by atoms with Crippen molar-refractivity contribution in [1.82, 2.24) is 24.6 Å². The number of carbonyl (C=O) groups excluding carboxylic acids is 1. The number of nitrogens with one attached hydrogen (secondary N) is 1. The van der Waals surface area contributed by atoms with E-state index in [4.69, 9.17) is 0 Å². The van der Waals surface area contributed by atoms with Crippen LogP contribution < -0.4 is 5.32 Å². The van der Waals surface area contributed by atoms with Gasteiger partial charge in [0.15, 0.2) is 16.6 Å². The predicted octanol–water partition coefficient (Wildman–Crippen LogP) is 2.96. The number of sulfonamides is 1. The zero-order valence-electron chi connectivity index (χ0n) is 19.7. The Morgan fingerprint density at radius 1 is 1.06 bits per heavy atom. The van der Waals surface area contributed by atoms with Gasteiger partial charge in [0.05, 0.1) is 18.4 Å². The van der Waals surface area contributed by atoms with E-state index in [0.717, 1.165) is 29.1 Å². The summed E-state index contributed by atoms with van der Waals surface area (Å²) in [7, 11) is -3.84. The monoisotopic (exact) mass is 493 g/mol. The number of carbonyl (C=O) groups is 1. The highest BCUT2D eigenvalue weighted by Crippen LogP contribution is 2.55. The van der Waals surface area contributed by atoms with Crippen molar-refractivity contribution in [2.24, 2.45) is 21.1 Å². The molecule has 35 heavy (non-hydrogen) atoms. The van der Waals surface area contributed by atoms with Crippen molar-refractivity contribution in [2.45, 2.75) is 44.6 Å². The average molecular weight is 494 g/mol. The van der Waals surface area contributed by atoms with E-state index in [1.165, 1.54) is 15.2 Å². The highest BCUT2D eigenvalue weighted by Gasteiger charge is 2.53. The second-order valence-electron chi connectivity index (χ2n) is 10.5. The fourth-order valence-corrected chi connectivity index (χ4v) is 7.48. The first-order chi connectivity index (χ1) is 16.7. The summed E-state index contributed by atoms with van der Waals surface area (Å²) in [4.78, 5) is 13.4. The van der Waals surface area contributed by atoms with Gasteiger partial charge < -0.3 is 5.32 Å². The van der Waals surface area contributed by atoms with E-state index in [0.29, 0.717) is 31.5 Å². The lowest BCUT2D eigenvalue weighted by Crippen LogP contribution is -2.50. The predicted molar refractivity (Wildman–Crippen MR) is 127 cm³/mol. The number of ketones is 1. The molecule has 0 atom stereocenters. The maximum atomic E-state index is 13.7. The molecule has 4 heterocycles. The van der Waals surface area contributed by atoms with Crippen LogP contribution in [0, 0.1) is 10.8 Å². The van der Waals surface area contributed by atoms with Gasteiger partial charge in [0.1, 0.15) is 0 Å². The Labute approximate surface area is 203 Å². The number of aromatic nitrogens is 3. The van der Waals surface area contributed by atoms with Gasteiger partial charge >= 0.3 is 0 Å². The number of para-hydroxylation sites is 1. The SMILES string of the molecule is CC1(C)CC(=O)C2=C(C1)NC1=C(CN=N1)C21CCN(S(=O)(=O)c2cnnn2-c2ccccc2)CC1. The van der Waals surface area contributed by atoms with Gasteiger partial charge in [0.25, 0.3) is 10.0 Å². The summed E-state index contributed by atoms with van der Waals surface area (Å²) in [6.45, 7) is 5.21. The third-order valence-corrected chi connectivity index (χ3v) is 9.44. The largest absolute Gasteiger partial charge is 0.342 e. The van der Waals surface area contributed by atoms with Gasteiger partial charge in [-0.05, 0) is 36.8 Å². The topological polar surface area (TPSA) is 122 Å². The minimum atomic E-state index is -3.84. The van der Waals surface area contributed by atoms with Crippen molar-refractivity contribution >= 4 is 15.8 Å². The van der Waals surface area contributed by atoms with Crippen LogP contribution >= 0.6 is 0 Å². The van der Waals surface area contributed by atoms with Crippen molar-refractivity contribution in [2.75, 3.05) is 19.6 Å². The molecule has 0 radical (unpaired) electrons. The van der Waals surface area contributed by atoms with Crippen molar-refractivity contribution in [3.8, 4) is 5.69 Å². The molecule has 6 rings (SSSR count). The third-order valence-electron chi connectivity index (χ3n) is 7.58. The molecule has 1 aromatic carbocycles. The van der Waals surface area contributed by atoms with E-state index >= 15 is 0 Å². The molecule has 0 bridgehead atoms. The minimum absolute atomic E-state index is 0.0335. The second-order valence-corrected chi connectivity index (χ2v) is 12.3. The lowest BCUT2D eigenvalue weighted by Gasteiger charge is -2.48. The maximum Gasteiger partial charge on any atom is 0.262 e. The van der Waals surface area contributed by atoms with Gasteiger partial charge in [0.2, 0.25) is 0 Å². The van der Waals surface area contributed by atoms with Crippen molar-refractivity contribution in [3.63, 3.8) is 0 Å². The number of rotatable bonds is 3. The third kappa shape index (κ3) is 3.40. The van der Waals surface area contributed by atoms with E-state index in [9.17, 15) is 13.2 Å². The fourth-order valence-electron chi connectivity index (χ4n) is 6.01. The molecule has 0 unspecified atom stereocenters. The van der Waals surface area contributed by atoms with E-state index in [1.54, 1.807) is 12.1 Å². The lowest BCUT2D eigenvalue weighted by molar-refractivity contribution is -0.119. The second kappa shape index (κ2) is 7.66. The molecule has 10 nitrogen and oxygen atoms in total. The quantitative estimate of drug-likeness (QED) is 0.702. The van der Waals surface area contributed by atoms with Gasteiger partial charge in [-0.25, -0.2) is 13.1 Å². The number of benzene rings is 1. The molecule has 1 aromatic heterocycles. The summed E-state index contributed by atoms with van der Waals surface area (Å²) < 4.78 is 30.2. The van der Waals surface area contributed by atoms with Crippen LogP contribution in [-0.4, -0.2) is 53.1 Å². The summed E-state index contributed by atoms with van der Waals surface area (Å²) in [5.41, 5.74) is 2.72. The Hall–Kier alpha value is -3.18. The summed E-state index contributed by atoms with van der Waals surface area (Å²) in [5, 5.41) is 19.9. The van der Waals surface area contributed by atoms with Crippen molar-refractivity contribution < 1.29 is 13.2 Å². The van der Waals surface area contributed by atoms with Crippen molar-refractivity contribution in [1.29, 1.82) is 0 Å². The Morgan fingerprint density at radius 3 is 2.54 bits per heavy atom. The molecule has 2 aromatic rings. The number of hydrogen-bond donors (Lipinski definition) is 1. The molecule has 0 saturated carbocycles. The first kappa shape index (κ1) is 22.3. The van der Waals surface area contributed by atoms with Crippen molar-refractivity contribution in [3.05, 3.63) is 59.2 Å². The highest BCUT2D eigenvalue weighted by atomic mass is 32.2. The van der Waals surface area contributed by atoms with Gasteiger partial charge in [0, 0.05) is 41.8 Å². The average Bonchev–Trinajstić information content (AvgIpc) is 3.49. The first-order valence-electron chi connectivity index (χ1n) is 11.8. The molecule has 11 heteroatoms. The zero-order chi connectivity index (χ0) is 24.4. The smallest absolute Gasteiger partial charge is 0.262 e. The van der Waals surface area contributed by atoms with Crippen LogP contribution in [0.1, 0.15) is 39.5 Å². The summed E-state index contributed by atoms with van der Waals surface area (Å²) >= 11 is 0. The van der Waals surface area contributed by atoms with Crippen LogP contribution in [0.4, 0.5) is 0 Å². The molecule has 3 aliphatic heterocycles. The summed E-state index contributed by atoms with van der Waals surface area (Å²) in [6.07, 6.45) is 3.55. The van der Waals surface area contributed by atoms with Gasteiger partial charge in [-0.2, -0.15) is 9.42 Å². The number of fused-ring (bicyclic) bond motifs is 2. The number of allylic oxidation sites excluding steroid dienone is 2. The zero-order valence-corrected chi connectivity index (χ0v) is 20.5. The molecule has 1 aliphatic carbocycles. The van der Waals surface area contributed by atoms with Crippen LogP contribution in [-0.2, 0) is 14.8 Å². The number of piperidine rings is 1. The van der Waals surface area contributed by atoms with Gasteiger partial charge in [-0.3, -0.25) is 4.79 Å². The van der Waals surface area contributed by atoms with Gasteiger partial charge in [-0.15, -0.1) is 10.2 Å². The Morgan fingerprint density at radius 2 is 1.80 bits per heavy atom. The maximum absolute atomic E-state index is 13.7. The number of azo groups is 1. The molecule has 1 saturated heterocycles. The van der Waals surface area contributed by atoms with Crippen LogP contribution in [0.15, 0.2) is 74.4 Å². The summed E-state index contributed by atoms with van der Waals surface area (Å²) in [5.74, 6) is 0.877. The minimum Gasteiger partial charge on any atom is -0.342 e. The Balaban J connectivity index is 1.33. The van der Waals surface area contributed by atoms with Crippen LogP contribution in [0.5, 0.6) is 0 Å². The Kier molecular flexibility index (Phi) is 4.88. The molecule has 1 N–H and O–H groups in total. The van der Waals surface area contributed by atoms with E-state index in [-0.39, 0.29) is 29.3 Å². The van der Waals surface area contributed by atoms with E-state index in [2.05, 4.69) is 39.7 Å². The Bertz CT molecular complexity index is 1410. The van der Waals surface area contributed by atoms with Gasteiger partial charge in [-0.1, -0.05) is 37.3 Å². The van der Waals surface area contributed by atoms with Crippen LogP contribution in [0.3, 0.4) is 0 Å². The number of dihydropyridines is 1. The lowest BCUT2D eigenvalue weighted by atomic mass is 9.60. The fraction of sp³-hybridized carbons (Fsp3) is 0.458. The van der Waals surface area contributed by atoms with E-state index < -0.39 is 15.4 Å². The molecule has 1 spiro atoms. The number of hydrogen-bond acceptors (Lipinski definition) is 8. The molecular weight excluding hydrogens is 466 g/mol. The molecule has 1 fully saturated rings. The number of Topliss-reactive ketones (excluding diaryl/α,β-unsaturated/α-hetero) is 1. The van der Waals surface area contributed by atoms with Crippen LogP contribution in [0.25, 0.3) is 5.69 Å². The normalized spacial score (nSPS) is 23.4.